The summed E-state index contributed by atoms with van der Waals surface area (Å²) >= 11 is 0. The van der Waals surface area contributed by atoms with Crippen molar-refractivity contribution in [2.24, 2.45) is 7.05 Å². The first-order chi connectivity index (χ1) is 8.47. The summed E-state index contributed by atoms with van der Waals surface area (Å²) in [5.41, 5.74) is 3.43. The molecule has 0 unspecified atom stereocenters. The molecule has 0 fully saturated rings. The predicted octanol–water partition coefficient (Wildman–Crippen LogP) is 3.12. The van der Waals surface area contributed by atoms with Crippen LogP contribution in [0.25, 0.3) is 0 Å². The van der Waals surface area contributed by atoms with Gasteiger partial charge in [-0.2, -0.15) is 0 Å². The quantitative estimate of drug-likeness (QED) is 0.645. The Kier molecular flexibility index (Phi) is 3.25. The topological polar surface area (TPSA) is 17.8 Å². The summed E-state index contributed by atoms with van der Waals surface area (Å²) in [5.74, 6) is 6.33. The minimum atomic E-state index is 0.157. The highest BCUT2D eigenvalue weighted by atomic mass is 15.0. The van der Waals surface area contributed by atoms with Gasteiger partial charge in [0.1, 0.15) is 5.69 Å². The van der Waals surface area contributed by atoms with Crippen LogP contribution >= 0.6 is 0 Å². The Labute approximate surface area is 109 Å². The fourth-order valence-corrected chi connectivity index (χ4v) is 1.68. The minimum Gasteiger partial charge on any atom is -0.327 e. The van der Waals surface area contributed by atoms with E-state index in [1.54, 1.807) is 12.5 Å². The fraction of sp³-hybridized carbons (Fsp3) is 0.312. The zero-order valence-electron chi connectivity index (χ0n) is 11.4. The number of hydrogen-bond donors (Lipinski definition) is 0. The van der Waals surface area contributed by atoms with Crippen LogP contribution in [0.3, 0.4) is 0 Å². The van der Waals surface area contributed by atoms with Crippen LogP contribution in [-0.2, 0) is 12.5 Å². The number of aromatic nitrogens is 2. The fourth-order valence-electron chi connectivity index (χ4n) is 1.68. The summed E-state index contributed by atoms with van der Waals surface area (Å²) in [7, 11) is 1.95. The van der Waals surface area contributed by atoms with Crippen molar-refractivity contribution < 1.29 is 0 Å². The Morgan fingerprint density at radius 3 is 2.56 bits per heavy atom. The Morgan fingerprint density at radius 2 is 1.94 bits per heavy atom. The number of aryl methyl sites for hydroxylation is 1. The van der Waals surface area contributed by atoms with E-state index >= 15 is 0 Å². The molecule has 2 heteroatoms. The van der Waals surface area contributed by atoms with Crippen LogP contribution in [0.15, 0.2) is 36.8 Å². The monoisotopic (exact) mass is 238 g/mol. The van der Waals surface area contributed by atoms with Crippen LogP contribution in [0.1, 0.15) is 37.6 Å². The molecule has 0 aliphatic carbocycles. The molecule has 2 aromatic rings. The van der Waals surface area contributed by atoms with E-state index < -0.39 is 0 Å². The molecular formula is C16H18N2. The lowest BCUT2D eigenvalue weighted by atomic mass is 9.86. The molecule has 0 aliphatic rings. The molecule has 0 aliphatic heterocycles. The Hall–Kier alpha value is -2.01. The zero-order valence-corrected chi connectivity index (χ0v) is 11.4. The molecule has 92 valence electrons. The standard InChI is InChI=1S/C16H18N2/c1-16(2,3)14-7-5-6-13(10-14)8-9-15-11-17-12-18(15)4/h5-7,10-12H,1-4H3. The summed E-state index contributed by atoms with van der Waals surface area (Å²) in [6, 6.07) is 8.41. The smallest absolute Gasteiger partial charge is 0.112 e. The molecule has 1 heterocycles. The first-order valence-corrected chi connectivity index (χ1v) is 6.06. The molecule has 0 N–H and O–H groups in total. The molecule has 0 bridgehead atoms. The van der Waals surface area contributed by atoms with E-state index in [-0.39, 0.29) is 5.41 Å². The second kappa shape index (κ2) is 4.70. The predicted molar refractivity (Wildman–Crippen MR) is 74.3 cm³/mol. The highest BCUT2D eigenvalue weighted by Gasteiger charge is 2.12. The van der Waals surface area contributed by atoms with Gasteiger partial charge in [0, 0.05) is 12.6 Å². The van der Waals surface area contributed by atoms with Crippen molar-refractivity contribution in [2.45, 2.75) is 26.2 Å². The lowest BCUT2D eigenvalue weighted by Gasteiger charge is -2.18. The highest BCUT2D eigenvalue weighted by Crippen LogP contribution is 2.22. The van der Waals surface area contributed by atoms with Gasteiger partial charge in [-0.3, -0.25) is 0 Å². The van der Waals surface area contributed by atoms with E-state index in [0.717, 1.165) is 11.3 Å². The lowest BCUT2D eigenvalue weighted by molar-refractivity contribution is 0.590. The summed E-state index contributed by atoms with van der Waals surface area (Å²) in [5, 5.41) is 0. The van der Waals surface area contributed by atoms with Gasteiger partial charge in [-0.05, 0) is 29.0 Å². The molecule has 0 amide bonds. The van der Waals surface area contributed by atoms with E-state index in [9.17, 15) is 0 Å². The summed E-state index contributed by atoms with van der Waals surface area (Å²) in [4.78, 5) is 4.05. The molecular weight excluding hydrogens is 220 g/mol. The van der Waals surface area contributed by atoms with Crippen molar-refractivity contribution in [2.75, 3.05) is 0 Å². The molecule has 0 saturated carbocycles. The van der Waals surface area contributed by atoms with E-state index in [0.29, 0.717) is 0 Å². The molecule has 2 nitrogen and oxygen atoms in total. The van der Waals surface area contributed by atoms with Crippen LogP contribution in [-0.4, -0.2) is 9.55 Å². The normalized spacial score (nSPS) is 10.9. The van der Waals surface area contributed by atoms with Crippen LogP contribution in [0.5, 0.6) is 0 Å². The van der Waals surface area contributed by atoms with Gasteiger partial charge >= 0.3 is 0 Å². The molecule has 18 heavy (non-hydrogen) atoms. The highest BCUT2D eigenvalue weighted by molar-refractivity contribution is 5.42. The maximum atomic E-state index is 4.05. The van der Waals surface area contributed by atoms with Crippen molar-refractivity contribution in [3.63, 3.8) is 0 Å². The average molecular weight is 238 g/mol. The second-order valence-electron chi connectivity index (χ2n) is 5.47. The molecule has 1 aromatic heterocycles. The number of benzene rings is 1. The maximum absolute atomic E-state index is 4.05. The van der Waals surface area contributed by atoms with Crippen LogP contribution in [0.4, 0.5) is 0 Å². The Balaban J connectivity index is 2.31. The number of nitrogens with zero attached hydrogens (tertiary/aromatic N) is 2. The van der Waals surface area contributed by atoms with Gasteiger partial charge in [-0.1, -0.05) is 38.8 Å². The maximum Gasteiger partial charge on any atom is 0.112 e. The lowest BCUT2D eigenvalue weighted by Crippen LogP contribution is -2.10. The molecule has 0 spiro atoms. The zero-order chi connectivity index (χ0) is 13.2. The van der Waals surface area contributed by atoms with Gasteiger partial charge in [-0.15, -0.1) is 0 Å². The number of rotatable bonds is 0. The van der Waals surface area contributed by atoms with Gasteiger partial charge in [0.25, 0.3) is 0 Å². The van der Waals surface area contributed by atoms with Crippen molar-refractivity contribution in [1.82, 2.24) is 9.55 Å². The SMILES string of the molecule is Cn1cncc1C#Cc1cccc(C(C)(C)C)c1. The van der Waals surface area contributed by atoms with Crippen LogP contribution in [0, 0.1) is 11.8 Å². The van der Waals surface area contributed by atoms with Crippen molar-refractivity contribution >= 4 is 0 Å². The van der Waals surface area contributed by atoms with Gasteiger partial charge in [0.15, 0.2) is 0 Å². The van der Waals surface area contributed by atoms with Crippen molar-refractivity contribution in [3.05, 3.63) is 53.6 Å². The Morgan fingerprint density at radius 1 is 1.17 bits per heavy atom. The largest absolute Gasteiger partial charge is 0.327 e. The minimum absolute atomic E-state index is 0.157. The molecule has 2 rings (SSSR count). The third kappa shape index (κ3) is 2.81. The first kappa shape index (κ1) is 12.4. The van der Waals surface area contributed by atoms with E-state index in [2.05, 4.69) is 55.8 Å². The summed E-state index contributed by atoms with van der Waals surface area (Å²) < 4.78 is 1.92. The van der Waals surface area contributed by atoms with Crippen molar-refractivity contribution in [3.8, 4) is 11.8 Å². The average Bonchev–Trinajstić information content (AvgIpc) is 2.72. The van der Waals surface area contributed by atoms with Crippen LogP contribution in [0.2, 0.25) is 0 Å². The Bertz CT molecular complexity index is 604. The van der Waals surface area contributed by atoms with Gasteiger partial charge in [0.2, 0.25) is 0 Å². The van der Waals surface area contributed by atoms with Gasteiger partial charge in [0.05, 0.1) is 12.5 Å². The molecule has 1 aromatic carbocycles. The first-order valence-electron chi connectivity index (χ1n) is 6.06. The molecule has 0 saturated heterocycles. The molecule has 0 atom stereocenters. The number of hydrogen-bond acceptors (Lipinski definition) is 1. The van der Waals surface area contributed by atoms with E-state index in [4.69, 9.17) is 0 Å². The molecule has 0 radical (unpaired) electrons. The third-order valence-corrected chi connectivity index (χ3v) is 2.88. The van der Waals surface area contributed by atoms with Crippen molar-refractivity contribution in [1.29, 1.82) is 0 Å². The number of imidazole rings is 1. The third-order valence-electron chi connectivity index (χ3n) is 2.88. The second-order valence-corrected chi connectivity index (χ2v) is 5.47. The van der Waals surface area contributed by atoms with Gasteiger partial charge < -0.3 is 4.57 Å². The van der Waals surface area contributed by atoms with Crippen LogP contribution < -0.4 is 0 Å². The summed E-state index contributed by atoms with van der Waals surface area (Å²) in [6.07, 6.45) is 3.54. The van der Waals surface area contributed by atoms with Gasteiger partial charge in [-0.25, -0.2) is 4.98 Å². The summed E-state index contributed by atoms with van der Waals surface area (Å²) in [6.45, 7) is 6.63. The van der Waals surface area contributed by atoms with E-state index in [1.165, 1.54) is 5.56 Å². The van der Waals surface area contributed by atoms with E-state index in [1.807, 2.05) is 17.7 Å².